The Hall–Kier alpha value is -3.40. The highest BCUT2D eigenvalue weighted by Crippen LogP contribution is 2.30. The van der Waals surface area contributed by atoms with Crippen molar-refractivity contribution in [1.29, 1.82) is 0 Å². The molecule has 0 saturated carbocycles. The van der Waals surface area contributed by atoms with Crippen molar-refractivity contribution in [2.75, 3.05) is 11.9 Å². The number of ether oxygens (including phenoxy) is 1. The molecule has 0 bridgehead atoms. The van der Waals surface area contributed by atoms with Crippen molar-refractivity contribution in [1.82, 2.24) is 0 Å². The molecule has 1 saturated heterocycles. The van der Waals surface area contributed by atoms with Crippen molar-refractivity contribution in [2.45, 2.75) is 72.5 Å². The number of unbranched alkanes of at least 4 members (excludes halogenated alkanes) is 1. The van der Waals surface area contributed by atoms with Crippen molar-refractivity contribution in [3.8, 4) is 0 Å². The zero-order valence-corrected chi connectivity index (χ0v) is 24.1. The predicted molar refractivity (Wildman–Crippen MR) is 164 cm³/mol. The molecule has 0 spiro atoms. The molecule has 4 aromatic carbocycles. The third kappa shape index (κ3) is 8.81. The molecule has 5 rings (SSSR count). The standard InChI is InChI=1S/C26H31NO.C10H12O/c1-19-8-14-24(15-9-19)27-25-16-11-22(12-17-25)6-4-5-7-26(28)23-13-10-20(2)21(3)18-23;1-7-3-4-9(5-8(7)2)10-6-11-10/h8-18,26-28H,4-7H2,1-3H3;3-5,10H,6H2,1-2H3/t26-;10-/m00/s1. The van der Waals surface area contributed by atoms with Gasteiger partial charge < -0.3 is 15.2 Å². The number of hydrogen-bond donors (Lipinski definition) is 2. The molecule has 0 radical (unpaired) electrons. The van der Waals surface area contributed by atoms with Crippen LogP contribution in [0.2, 0.25) is 0 Å². The topological polar surface area (TPSA) is 44.8 Å². The monoisotopic (exact) mass is 521 g/mol. The van der Waals surface area contributed by atoms with Gasteiger partial charge in [0.15, 0.2) is 0 Å². The van der Waals surface area contributed by atoms with Crippen molar-refractivity contribution >= 4 is 11.4 Å². The molecule has 1 aliphatic rings. The molecule has 3 nitrogen and oxygen atoms in total. The van der Waals surface area contributed by atoms with E-state index in [0.29, 0.717) is 6.10 Å². The van der Waals surface area contributed by atoms with E-state index < -0.39 is 0 Å². The summed E-state index contributed by atoms with van der Waals surface area (Å²) in [5, 5.41) is 13.9. The molecular formula is C36H43NO2. The van der Waals surface area contributed by atoms with Crippen LogP contribution in [0.1, 0.15) is 76.0 Å². The molecule has 1 aliphatic heterocycles. The van der Waals surface area contributed by atoms with E-state index in [-0.39, 0.29) is 6.10 Å². The summed E-state index contributed by atoms with van der Waals surface area (Å²) in [6.07, 6.45) is 4.01. The van der Waals surface area contributed by atoms with Crippen molar-refractivity contribution in [3.05, 3.63) is 129 Å². The van der Waals surface area contributed by atoms with Gasteiger partial charge in [-0.3, -0.25) is 0 Å². The lowest BCUT2D eigenvalue weighted by atomic mass is 9.98. The maximum Gasteiger partial charge on any atom is 0.106 e. The van der Waals surface area contributed by atoms with Crippen LogP contribution in [0.15, 0.2) is 84.9 Å². The van der Waals surface area contributed by atoms with Crippen LogP contribution in [0.5, 0.6) is 0 Å². The average Bonchev–Trinajstić information content (AvgIpc) is 3.78. The van der Waals surface area contributed by atoms with E-state index >= 15 is 0 Å². The van der Waals surface area contributed by atoms with Crippen molar-refractivity contribution in [3.63, 3.8) is 0 Å². The molecule has 2 N–H and O–H groups in total. The number of hydrogen-bond acceptors (Lipinski definition) is 3. The van der Waals surface area contributed by atoms with Gasteiger partial charge in [0.1, 0.15) is 6.10 Å². The lowest BCUT2D eigenvalue weighted by Gasteiger charge is -2.13. The van der Waals surface area contributed by atoms with E-state index in [1.165, 1.54) is 38.9 Å². The van der Waals surface area contributed by atoms with Gasteiger partial charge in [-0.1, -0.05) is 72.6 Å². The van der Waals surface area contributed by atoms with Crippen LogP contribution in [0, 0.1) is 34.6 Å². The number of rotatable bonds is 9. The Morgan fingerprint density at radius 1 is 0.718 bits per heavy atom. The van der Waals surface area contributed by atoms with Gasteiger partial charge in [-0.15, -0.1) is 0 Å². The fourth-order valence-corrected chi connectivity index (χ4v) is 4.57. The maximum atomic E-state index is 10.4. The predicted octanol–water partition coefficient (Wildman–Crippen LogP) is 9.18. The van der Waals surface area contributed by atoms with Crippen LogP contribution in [0.4, 0.5) is 11.4 Å². The summed E-state index contributed by atoms with van der Waals surface area (Å²) in [5.74, 6) is 0. The summed E-state index contributed by atoms with van der Waals surface area (Å²) < 4.78 is 5.19. The Bertz CT molecular complexity index is 1340. The lowest BCUT2D eigenvalue weighted by molar-refractivity contribution is 0.163. The van der Waals surface area contributed by atoms with Crippen molar-refractivity contribution in [2.24, 2.45) is 0 Å². The van der Waals surface area contributed by atoms with Gasteiger partial charge in [-0.05, 0) is 117 Å². The summed E-state index contributed by atoms with van der Waals surface area (Å²) in [4.78, 5) is 0. The van der Waals surface area contributed by atoms with E-state index in [4.69, 9.17) is 4.74 Å². The first kappa shape index (κ1) is 28.6. The first-order chi connectivity index (χ1) is 18.8. The molecule has 0 amide bonds. The highest BCUT2D eigenvalue weighted by atomic mass is 16.6. The molecule has 0 aliphatic carbocycles. The van der Waals surface area contributed by atoms with E-state index in [0.717, 1.165) is 49.2 Å². The third-order valence-electron chi connectivity index (χ3n) is 7.64. The number of anilines is 2. The van der Waals surface area contributed by atoms with Crippen LogP contribution >= 0.6 is 0 Å². The Morgan fingerprint density at radius 2 is 1.31 bits per heavy atom. The van der Waals surface area contributed by atoms with Gasteiger partial charge in [0.25, 0.3) is 0 Å². The summed E-state index contributed by atoms with van der Waals surface area (Å²) in [7, 11) is 0. The molecule has 3 heteroatoms. The summed E-state index contributed by atoms with van der Waals surface area (Å²) in [5.41, 5.74) is 12.4. The second-order valence-corrected chi connectivity index (χ2v) is 11.0. The van der Waals surface area contributed by atoms with Crippen LogP contribution in [0.3, 0.4) is 0 Å². The minimum atomic E-state index is -0.361. The third-order valence-corrected chi connectivity index (χ3v) is 7.64. The summed E-state index contributed by atoms with van der Waals surface area (Å²) in [6.45, 7) is 11.5. The van der Waals surface area contributed by atoms with Gasteiger partial charge >= 0.3 is 0 Å². The number of benzene rings is 4. The van der Waals surface area contributed by atoms with E-state index in [1.807, 2.05) is 6.07 Å². The SMILES string of the molecule is Cc1ccc(Nc2ccc(CCCC[C@H](O)c3ccc(C)c(C)c3)cc2)cc1.Cc1ccc([C@@H]2CO2)cc1C. The van der Waals surface area contributed by atoms with Gasteiger partial charge in [-0.25, -0.2) is 0 Å². The minimum Gasteiger partial charge on any atom is -0.388 e. The smallest absolute Gasteiger partial charge is 0.106 e. The second-order valence-electron chi connectivity index (χ2n) is 11.0. The average molecular weight is 522 g/mol. The largest absolute Gasteiger partial charge is 0.388 e. The fourth-order valence-electron chi connectivity index (χ4n) is 4.57. The molecule has 39 heavy (non-hydrogen) atoms. The van der Waals surface area contributed by atoms with E-state index in [2.05, 4.69) is 119 Å². The van der Waals surface area contributed by atoms with E-state index in [1.54, 1.807) is 0 Å². The van der Waals surface area contributed by atoms with E-state index in [9.17, 15) is 5.11 Å². The van der Waals surface area contributed by atoms with Crippen molar-refractivity contribution < 1.29 is 9.84 Å². The first-order valence-corrected chi connectivity index (χ1v) is 14.1. The Labute approximate surface area is 234 Å². The zero-order chi connectivity index (χ0) is 27.8. The Morgan fingerprint density at radius 3 is 1.90 bits per heavy atom. The van der Waals surface area contributed by atoms with Gasteiger partial charge in [0.05, 0.1) is 12.7 Å². The number of aliphatic hydroxyl groups excluding tert-OH is 1. The lowest BCUT2D eigenvalue weighted by Crippen LogP contribution is -1.99. The Balaban J connectivity index is 0.000000265. The summed E-state index contributed by atoms with van der Waals surface area (Å²) in [6, 6.07) is 29.9. The fraction of sp³-hybridized carbons (Fsp3) is 0.333. The van der Waals surface area contributed by atoms with Crippen LogP contribution in [-0.2, 0) is 11.2 Å². The quantitative estimate of drug-likeness (QED) is 0.170. The molecule has 4 aromatic rings. The number of aliphatic hydroxyl groups is 1. The van der Waals surface area contributed by atoms with Crippen LogP contribution in [0.25, 0.3) is 0 Å². The second kappa shape index (κ2) is 13.6. The number of aryl methyl sites for hydroxylation is 6. The molecule has 1 fully saturated rings. The number of epoxide rings is 1. The molecular weight excluding hydrogens is 478 g/mol. The highest BCUT2D eigenvalue weighted by molar-refractivity contribution is 5.60. The Kier molecular flexibility index (Phi) is 9.97. The maximum absolute atomic E-state index is 10.4. The zero-order valence-electron chi connectivity index (χ0n) is 24.1. The normalized spacial score (nSPS) is 14.8. The molecule has 0 aromatic heterocycles. The van der Waals surface area contributed by atoms with Crippen LogP contribution in [-0.4, -0.2) is 11.7 Å². The highest BCUT2D eigenvalue weighted by Gasteiger charge is 2.24. The van der Waals surface area contributed by atoms with Gasteiger partial charge in [0, 0.05) is 11.4 Å². The molecule has 2 atom stereocenters. The van der Waals surface area contributed by atoms with Crippen LogP contribution < -0.4 is 5.32 Å². The molecule has 1 heterocycles. The molecule has 0 unspecified atom stereocenters. The minimum absolute atomic E-state index is 0.361. The first-order valence-electron chi connectivity index (χ1n) is 14.1. The number of nitrogens with one attached hydrogen (secondary N) is 1. The van der Waals surface area contributed by atoms with Gasteiger partial charge in [-0.2, -0.15) is 0 Å². The molecule has 204 valence electrons. The summed E-state index contributed by atoms with van der Waals surface area (Å²) >= 11 is 0. The van der Waals surface area contributed by atoms with Gasteiger partial charge in [0.2, 0.25) is 0 Å².